The third kappa shape index (κ3) is 4.06. The van der Waals surface area contributed by atoms with E-state index in [-0.39, 0.29) is 0 Å². The van der Waals surface area contributed by atoms with Gasteiger partial charge in [-0.3, -0.25) is 0 Å². The van der Waals surface area contributed by atoms with Crippen molar-refractivity contribution in [2.45, 2.75) is 33.0 Å². The predicted octanol–water partition coefficient (Wildman–Crippen LogP) is 3.26. The van der Waals surface area contributed by atoms with Crippen molar-refractivity contribution < 1.29 is 9.84 Å². The summed E-state index contributed by atoms with van der Waals surface area (Å²) in [7, 11) is 0. The molecule has 3 N–H and O–H groups in total. The van der Waals surface area contributed by atoms with Crippen molar-refractivity contribution >= 4 is 0 Å². The number of ether oxygens (including phenoxy) is 1. The summed E-state index contributed by atoms with van der Waals surface area (Å²) in [6.07, 6.45) is 0.0662. The van der Waals surface area contributed by atoms with E-state index in [0.717, 1.165) is 28.0 Å². The van der Waals surface area contributed by atoms with Crippen LogP contribution in [0, 0.1) is 13.8 Å². The fraction of sp³-hybridized carbons (Fsp3) is 0.333. The topological polar surface area (TPSA) is 55.5 Å². The molecular formula is C18H23NO2. The Labute approximate surface area is 126 Å². The molecular weight excluding hydrogens is 262 g/mol. The van der Waals surface area contributed by atoms with Crippen LogP contribution < -0.4 is 10.5 Å². The van der Waals surface area contributed by atoms with E-state index in [0.29, 0.717) is 19.6 Å². The van der Waals surface area contributed by atoms with Crippen LogP contribution in [0.2, 0.25) is 0 Å². The summed E-state index contributed by atoms with van der Waals surface area (Å²) in [4.78, 5) is 0. The van der Waals surface area contributed by atoms with Crippen molar-refractivity contribution in [3.63, 3.8) is 0 Å². The average molecular weight is 285 g/mol. The van der Waals surface area contributed by atoms with E-state index in [1.807, 2.05) is 56.3 Å². The summed E-state index contributed by atoms with van der Waals surface area (Å²) in [5.41, 5.74) is 9.69. The summed E-state index contributed by atoms with van der Waals surface area (Å²) < 4.78 is 5.94. The highest BCUT2D eigenvalue weighted by Crippen LogP contribution is 2.24. The minimum absolute atomic E-state index is 0.476. The third-order valence-corrected chi connectivity index (χ3v) is 3.57. The van der Waals surface area contributed by atoms with Crippen LogP contribution in [0.3, 0.4) is 0 Å². The molecule has 3 nitrogen and oxygen atoms in total. The lowest BCUT2D eigenvalue weighted by Gasteiger charge is -2.14. The van der Waals surface area contributed by atoms with Gasteiger partial charge in [-0.15, -0.1) is 0 Å². The van der Waals surface area contributed by atoms with Gasteiger partial charge in [0, 0.05) is 0 Å². The molecule has 0 aromatic heterocycles. The van der Waals surface area contributed by atoms with Crippen LogP contribution >= 0.6 is 0 Å². The van der Waals surface area contributed by atoms with E-state index in [1.165, 1.54) is 0 Å². The van der Waals surface area contributed by atoms with Gasteiger partial charge in [0.2, 0.25) is 0 Å². The first-order valence-electron chi connectivity index (χ1n) is 7.28. The lowest BCUT2D eigenvalue weighted by atomic mass is 10.0. The molecule has 0 heterocycles. The Balaban J connectivity index is 2.08. The van der Waals surface area contributed by atoms with Crippen LogP contribution in [0.4, 0.5) is 0 Å². The van der Waals surface area contributed by atoms with Crippen LogP contribution in [-0.4, -0.2) is 11.7 Å². The molecule has 0 aliphatic rings. The monoisotopic (exact) mass is 285 g/mol. The molecule has 0 saturated carbocycles. The standard InChI is InChI=1S/C18H23NO2/c1-13-5-3-6-14(2)18(13)21-12-15-7-4-8-16(11-15)17(20)9-10-19/h3-8,11,17,20H,9-10,12,19H2,1-2H3/t17-/m1/s1. The first-order chi connectivity index (χ1) is 10.1. The van der Waals surface area contributed by atoms with E-state index in [4.69, 9.17) is 10.5 Å². The van der Waals surface area contributed by atoms with Crippen molar-refractivity contribution in [3.05, 3.63) is 64.7 Å². The second kappa shape index (κ2) is 7.25. The SMILES string of the molecule is Cc1cccc(C)c1OCc1cccc([C@H](O)CCN)c1. The zero-order valence-electron chi connectivity index (χ0n) is 12.7. The van der Waals surface area contributed by atoms with E-state index in [1.54, 1.807) is 0 Å². The van der Waals surface area contributed by atoms with Gasteiger partial charge in [-0.25, -0.2) is 0 Å². The minimum Gasteiger partial charge on any atom is -0.488 e. The molecule has 0 radical (unpaired) electrons. The van der Waals surface area contributed by atoms with E-state index < -0.39 is 6.10 Å². The first-order valence-corrected chi connectivity index (χ1v) is 7.28. The molecule has 1 atom stereocenters. The van der Waals surface area contributed by atoms with Gasteiger partial charge in [0.05, 0.1) is 6.10 Å². The summed E-state index contributed by atoms with van der Waals surface area (Å²) >= 11 is 0. The van der Waals surface area contributed by atoms with Crippen LogP contribution in [0.5, 0.6) is 5.75 Å². The summed E-state index contributed by atoms with van der Waals surface area (Å²) in [6, 6.07) is 14.0. The number of benzene rings is 2. The molecule has 0 spiro atoms. The number of hydrogen-bond acceptors (Lipinski definition) is 3. The van der Waals surface area contributed by atoms with Crippen molar-refractivity contribution in [2.24, 2.45) is 5.73 Å². The maximum Gasteiger partial charge on any atom is 0.125 e. The molecule has 0 fully saturated rings. The van der Waals surface area contributed by atoms with Crippen molar-refractivity contribution in [3.8, 4) is 5.75 Å². The zero-order chi connectivity index (χ0) is 15.2. The number of aliphatic hydroxyl groups excluding tert-OH is 1. The second-order valence-electron chi connectivity index (χ2n) is 5.35. The van der Waals surface area contributed by atoms with Crippen molar-refractivity contribution in [1.29, 1.82) is 0 Å². The van der Waals surface area contributed by atoms with E-state index in [9.17, 15) is 5.11 Å². The van der Waals surface area contributed by atoms with Gasteiger partial charge < -0.3 is 15.6 Å². The summed E-state index contributed by atoms with van der Waals surface area (Å²) in [5, 5.41) is 10.00. The molecule has 0 bridgehead atoms. The maximum absolute atomic E-state index is 10.00. The van der Waals surface area contributed by atoms with E-state index >= 15 is 0 Å². The maximum atomic E-state index is 10.00. The van der Waals surface area contributed by atoms with Gasteiger partial charge in [0.1, 0.15) is 12.4 Å². The highest BCUT2D eigenvalue weighted by atomic mass is 16.5. The molecule has 0 aliphatic heterocycles. The molecule has 2 rings (SSSR count). The number of para-hydroxylation sites is 1. The molecule has 112 valence electrons. The Hall–Kier alpha value is -1.84. The predicted molar refractivity (Wildman–Crippen MR) is 85.3 cm³/mol. The Kier molecular flexibility index (Phi) is 5.37. The quantitative estimate of drug-likeness (QED) is 0.856. The number of aryl methyl sites for hydroxylation is 2. The highest BCUT2D eigenvalue weighted by molar-refractivity contribution is 5.40. The van der Waals surface area contributed by atoms with Gasteiger partial charge in [-0.1, -0.05) is 36.4 Å². The highest BCUT2D eigenvalue weighted by Gasteiger charge is 2.08. The van der Waals surface area contributed by atoms with Gasteiger partial charge in [0.15, 0.2) is 0 Å². The van der Waals surface area contributed by atoms with Gasteiger partial charge >= 0.3 is 0 Å². The Bertz CT molecular complexity index is 575. The second-order valence-corrected chi connectivity index (χ2v) is 5.35. The minimum atomic E-state index is -0.504. The van der Waals surface area contributed by atoms with Gasteiger partial charge in [-0.05, 0) is 55.1 Å². The summed E-state index contributed by atoms with van der Waals surface area (Å²) in [5.74, 6) is 0.936. The van der Waals surface area contributed by atoms with Crippen LogP contribution in [0.25, 0.3) is 0 Å². The Morgan fingerprint density at radius 1 is 1.10 bits per heavy atom. The number of aliphatic hydroxyl groups is 1. The van der Waals surface area contributed by atoms with E-state index in [2.05, 4.69) is 0 Å². The first kappa shape index (κ1) is 15.5. The molecule has 0 amide bonds. The fourth-order valence-corrected chi connectivity index (χ4v) is 2.40. The summed E-state index contributed by atoms with van der Waals surface area (Å²) in [6.45, 7) is 5.06. The van der Waals surface area contributed by atoms with Crippen LogP contribution in [-0.2, 0) is 6.61 Å². The fourth-order valence-electron chi connectivity index (χ4n) is 2.40. The molecule has 0 unspecified atom stereocenters. The third-order valence-electron chi connectivity index (χ3n) is 3.57. The van der Waals surface area contributed by atoms with Crippen LogP contribution in [0.15, 0.2) is 42.5 Å². The van der Waals surface area contributed by atoms with Crippen molar-refractivity contribution in [2.75, 3.05) is 6.54 Å². The molecule has 0 saturated heterocycles. The lowest BCUT2D eigenvalue weighted by molar-refractivity contribution is 0.170. The molecule has 0 aliphatic carbocycles. The normalized spacial score (nSPS) is 12.2. The largest absolute Gasteiger partial charge is 0.488 e. The molecule has 3 heteroatoms. The Morgan fingerprint density at radius 3 is 2.43 bits per heavy atom. The number of hydrogen-bond donors (Lipinski definition) is 2. The number of nitrogens with two attached hydrogens (primary N) is 1. The van der Waals surface area contributed by atoms with Gasteiger partial charge in [-0.2, -0.15) is 0 Å². The molecule has 2 aromatic carbocycles. The average Bonchev–Trinajstić information content (AvgIpc) is 2.47. The molecule has 2 aromatic rings. The smallest absolute Gasteiger partial charge is 0.125 e. The molecule has 21 heavy (non-hydrogen) atoms. The van der Waals surface area contributed by atoms with Crippen molar-refractivity contribution in [1.82, 2.24) is 0 Å². The van der Waals surface area contributed by atoms with Gasteiger partial charge in [0.25, 0.3) is 0 Å². The number of rotatable bonds is 6. The van der Waals surface area contributed by atoms with Crippen LogP contribution in [0.1, 0.15) is 34.8 Å². The Morgan fingerprint density at radius 2 is 1.76 bits per heavy atom. The zero-order valence-corrected chi connectivity index (χ0v) is 12.7. The lowest BCUT2D eigenvalue weighted by Crippen LogP contribution is -2.07.